The molecule has 0 saturated carbocycles. The van der Waals surface area contributed by atoms with Crippen LogP contribution in [0.1, 0.15) is 51.9 Å². The van der Waals surface area contributed by atoms with E-state index in [1.165, 1.54) is 38.5 Å². The van der Waals surface area contributed by atoms with Gasteiger partial charge in [0.15, 0.2) is 0 Å². The fraction of sp³-hybridized carbons (Fsp3) is 0.500. The van der Waals surface area contributed by atoms with Crippen molar-refractivity contribution in [2.75, 3.05) is 5.32 Å². The molecule has 0 aliphatic heterocycles. The average Bonchev–Trinajstić information content (AvgIpc) is 2.38. The van der Waals surface area contributed by atoms with Gasteiger partial charge in [0, 0.05) is 18.2 Å². The first kappa shape index (κ1) is 13.6. The Hall–Kier alpha value is -1.42. The van der Waals surface area contributed by atoms with Crippen LogP contribution in [0.2, 0.25) is 0 Å². The molecule has 0 spiro atoms. The molecule has 0 aromatic heterocycles. The molecule has 1 aromatic carbocycles. The van der Waals surface area contributed by atoms with Crippen LogP contribution in [0.5, 0.6) is 0 Å². The van der Waals surface area contributed by atoms with Crippen LogP contribution in [0.25, 0.3) is 0 Å². The SMILES string of the molecule is CCCCCCCCC#CNc1ccccc1. The standard InChI is InChI=1S/C16H23N/c1-2-3-4-5-6-7-8-12-15-17-16-13-10-9-11-14-16/h9-11,13-14,17H,2-8H2,1H3. The lowest BCUT2D eigenvalue weighted by Crippen LogP contribution is -1.86. The van der Waals surface area contributed by atoms with E-state index in [1.807, 2.05) is 30.3 Å². The van der Waals surface area contributed by atoms with E-state index in [0.29, 0.717) is 0 Å². The third-order valence-electron chi connectivity index (χ3n) is 2.72. The van der Waals surface area contributed by atoms with Crippen molar-refractivity contribution < 1.29 is 0 Å². The molecular weight excluding hydrogens is 206 g/mol. The molecule has 1 heteroatoms. The maximum Gasteiger partial charge on any atom is 0.0459 e. The first-order valence-electron chi connectivity index (χ1n) is 6.72. The lowest BCUT2D eigenvalue weighted by Gasteiger charge is -1.97. The van der Waals surface area contributed by atoms with Crippen molar-refractivity contribution in [2.24, 2.45) is 0 Å². The summed E-state index contributed by atoms with van der Waals surface area (Å²) in [5.41, 5.74) is 1.07. The molecule has 0 saturated heterocycles. The topological polar surface area (TPSA) is 12.0 Å². The Morgan fingerprint density at radius 3 is 2.41 bits per heavy atom. The Kier molecular flexibility index (Phi) is 7.85. The molecule has 92 valence electrons. The molecule has 0 radical (unpaired) electrons. The van der Waals surface area contributed by atoms with Gasteiger partial charge in [-0.3, -0.25) is 0 Å². The number of unbranched alkanes of at least 4 members (excludes halogenated alkanes) is 6. The summed E-state index contributed by atoms with van der Waals surface area (Å²) in [5, 5.41) is 3.09. The van der Waals surface area contributed by atoms with E-state index in [2.05, 4.69) is 24.2 Å². The molecular formula is C16H23N. The number of nitrogens with one attached hydrogen (secondary N) is 1. The molecule has 0 heterocycles. The van der Waals surface area contributed by atoms with Gasteiger partial charge >= 0.3 is 0 Å². The van der Waals surface area contributed by atoms with Gasteiger partial charge in [-0.05, 0) is 18.6 Å². The molecule has 1 rings (SSSR count). The largest absolute Gasteiger partial charge is 0.315 e. The fourth-order valence-corrected chi connectivity index (χ4v) is 1.69. The van der Waals surface area contributed by atoms with Crippen molar-refractivity contribution in [2.45, 2.75) is 51.9 Å². The third-order valence-corrected chi connectivity index (χ3v) is 2.72. The summed E-state index contributed by atoms with van der Waals surface area (Å²) in [6.45, 7) is 2.25. The van der Waals surface area contributed by atoms with Crippen molar-refractivity contribution in [3.63, 3.8) is 0 Å². The Bertz CT molecular complexity index is 332. The van der Waals surface area contributed by atoms with Gasteiger partial charge in [0.25, 0.3) is 0 Å². The summed E-state index contributed by atoms with van der Waals surface area (Å²) < 4.78 is 0. The quantitative estimate of drug-likeness (QED) is 0.402. The van der Waals surface area contributed by atoms with E-state index in [9.17, 15) is 0 Å². The second kappa shape index (κ2) is 9.78. The summed E-state index contributed by atoms with van der Waals surface area (Å²) >= 11 is 0. The fourth-order valence-electron chi connectivity index (χ4n) is 1.69. The van der Waals surface area contributed by atoms with Gasteiger partial charge in [-0.25, -0.2) is 0 Å². The molecule has 0 fully saturated rings. The van der Waals surface area contributed by atoms with Crippen LogP contribution < -0.4 is 5.32 Å². The predicted molar refractivity (Wildman–Crippen MR) is 75.8 cm³/mol. The maximum absolute atomic E-state index is 3.16. The van der Waals surface area contributed by atoms with Crippen molar-refractivity contribution in [3.8, 4) is 12.0 Å². The minimum Gasteiger partial charge on any atom is -0.315 e. The maximum atomic E-state index is 3.16. The summed E-state index contributed by atoms with van der Waals surface area (Å²) in [7, 11) is 0. The summed E-state index contributed by atoms with van der Waals surface area (Å²) in [6, 6.07) is 13.1. The van der Waals surface area contributed by atoms with Crippen LogP contribution in [-0.4, -0.2) is 0 Å². The first-order chi connectivity index (χ1) is 8.43. The molecule has 0 aliphatic carbocycles. The zero-order valence-corrected chi connectivity index (χ0v) is 10.8. The van der Waals surface area contributed by atoms with E-state index < -0.39 is 0 Å². The van der Waals surface area contributed by atoms with Gasteiger partial charge < -0.3 is 5.32 Å². The van der Waals surface area contributed by atoms with E-state index in [4.69, 9.17) is 0 Å². The molecule has 0 unspecified atom stereocenters. The summed E-state index contributed by atoms with van der Waals surface area (Å²) in [5.74, 6) is 3.16. The average molecular weight is 229 g/mol. The molecule has 1 N–H and O–H groups in total. The highest BCUT2D eigenvalue weighted by atomic mass is 14.8. The van der Waals surface area contributed by atoms with Crippen LogP contribution in [-0.2, 0) is 0 Å². The molecule has 0 atom stereocenters. The smallest absolute Gasteiger partial charge is 0.0459 e. The van der Waals surface area contributed by atoms with Crippen LogP contribution in [0.4, 0.5) is 5.69 Å². The number of para-hydroxylation sites is 1. The Labute approximate surface area is 106 Å². The second-order valence-corrected chi connectivity index (χ2v) is 4.31. The molecule has 0 amide bonds. The van der Waals surface area contributed by atoms with E-state index in [1.54, 1.807) is 0 Å². The number of anilines is 1. The Balaban J connectivity index is 2.00. The summed E-state index contributed by atoms with van der Waals surface area (Å²) in [6.07, 6.45) is 9.00. The van der Waals surface area contributed by atoms with Gasteiger partial charge in [-0.2, -0.15) is 0 Å². The Morgan fingerprint density at radius 1 is 0.941 bits per heavy atom. The molecule has 17 heavy (non-hydrogen) atoms. The number of rotatable bonds is 7. The van der Waals surface area contributed by atoms with Crippen molar-refractivity contribution >= 4 is 5.69 Å². The number of hydrogen-bond acceptors (Lipinski definition) is 1. The van der Waals surface area contributed by atoms with Crippen molar-refractivity contribution in [3.05, 3.63) is 30.3 Å². The lowest BCUT2D eigenvalue weighted by molar-refractivity contribution is 0.614. The van der Waals surface area contributed by atoms with E-state index in [0.717, 1.165) is 12.1 Å². The van der Waals surface area contributed by atoms with Gasteiger partial charge in [-0.15, -0.1) is 0 Å². The van der Waals surface area contributed by atoms with Gasteiger partial charge in [0.05, 0.1) is 0 Å². The van der Waals surface area contributed by atoms with Crippen LogP contribution in [0, 0.1) is 12.0 Å². The van der Waals surface area contributed by atoms with Crippen LogP contribution in [0.3, 0.4) is 0 Å². The third kappa shape index (κ3) is 7.47. The van der Waals surface area contributed by atoms with E-state index in [-0.39, 0.29) is 0 Å². The highest BCUT2D eigenvalue weighted by Crippen LogP contribution is 2.06. The Morgan fingerprint density at radius 2 is 1.65 bits per heavy atom. The van der Waals surface area contributed by atoms with Gasteiger partial charge in [0.1, 0.15) is 0 Å². The molecule has 0 aliphatic rings. The molecule has 0 bridgehead atoms. The zero-order chi connectivity index (χ0) is 12.2. The van der Waals surface area contributed by atoms with Gasteiger partial charge in [-0.1, -0.05) is 63.1 Å². The second-order valence-electron chi connectivity index (χ2n) is 4.31. The van der Waals surface area contributed by atoms with Crippen molar-refractivity contribution in [1.82, 2.24) is 0 Å². The van der Waals surface area contributed by atoms with E-state index >= 15 is 0 Å². The van der Waals surface area contributed by atoms with Crippen molar-refractivity contribution in [1.29, 1.82) is 0 Å². The molecule has 1 aromatic rings. The minimum absolute atomic E-state index is 1.01. The predicted octanol–water partition coefficient (Wildman–Crippen LogP) is 4.81. The highest BCUT2D eigenvalue weighted by molar-refractivity contribution is 5.47. The van der Waals surface area contributed by atoms with Crippen LogP contribution >= 0.6 is 0 Å². The normalized spacial score (nSPS) is 9.47. The lowest BCUT2D eigenvalue weighted by atomic mass is 10.1. The van der Waals surface area contributed by atoms with Crippen LogP contribution in [0.15, 0.2) is 30.3 Å². The minimum atomic E-state index is 1.01. The zero-order valence-electron chi connectivity index (χ0n) is 10.8. The highest BCUT2D eigenvalue weighted by Gasteiger charge is 1.88. The van der Waals surface area contributed by atoms with Gasteiger partial charge in [0.2, 0.25) is 0 Å². The summed E-state index contributed by atoms with van der Waals surface area (Å²) in [4.78, 5) is 0. The number of hydrogen-bond donors (Lipinski definition) is 1. The number of benzene rings is 1. The monoisotopic (exact) mass is 229 g/mol. The first-order valence-corrected chi connectivity index (χ1v) is 6.72. The molecule has 1 nitrogen and oxygen atoms in total.